The molecule has 0 bridgehead atoms. The molecule has 0 unspecified atom stereocenters. The van der Waals surface area contributed by atoms with E-state index in [2.05, 4.69) is 9.97 Å². The Morgan fingerprint density at radius 1 is 1.44 bits per heavy atom. The first kappa shape index (κ1) is 13.3. The normalized spacial score (nSPS) is 18.7. The molecule has 0 aromatic carbocycles. The third-order valence-electron chi connectivity index (χ3n) is 2.58. The summed E-state index contributed by atoms with van der Waals surface area (Å²) in [5.74, 6) is -0.468. The van der Waals surface area contributed by atoms with Crippen LogP contribution in [-0.2, 0) is 6.18 Å². The van der Waals surface area contributed by atoms with Crippen LogP contribution in [0.1, 0.15) is 5.56 Å². The molecule has 0 saturated carbocycles. The number of alkyl halides is 4. The first-order valence-electron chi connectivity index (χ1n) is 4.90. The molecule has 9 heteroatoms. The van der Waals surface area contributed by atoms with Crippen LogP contribution in [-0.4, -0.2) is 40.4 Å². The molecule has 1 N–H and O–H groups in total. The minimum absolute atomic E-state index is 0.349. The minimum Gasteiger partial charge on any atom is -0.393 e. The van der Waals surface area contributed by atoms with Crippen LogP contribution in [0.25, 0.3) is 0 Å². The van der Waals surface area contributed by atoms with Crippen LogP contribution in [0.2, 0.25) is 5.28 Å². The van der Waals surface area contributed by atoms with Gasteiger partial charge in [-0.15, -0.1) is 0 Å². The average molecular weight is 286 g/mol. The van der Waals surface area contributed by atoms with Gasteiger partial charge in [0.05, 0.1) is 19.7 Å². The summed E-state index contributed by atoms with van der Waals surface area (Å²) >= 11 is 5.44. The highest BCUT2D eigenvalue weighted by molar-refractivity contribution is 6.28. The molecule has 2 heterocycles. The zero-order chi connectivity index (χ0) is 13.6. The molecule has 1 saturated heterocycles. The average Bonchev–Trinajstić information content (AvgIpc) is 2.23. The Morgan fingerprint density at radius 3 is 2.56 bits per heavy atom. The van der Waals surface area contributed by atoms with Crippen molar-refractivity contribution in [3.05, 3.63) is 17.0 Å². The van der Waals surface area contributed by atoms with E-state index in [1.54, 1.807) is 0 Å². The van der Waals surface area contributed by atoms with E-state index in [1.165, 1.54) is 0 Å². The number of aromatic nitrogens is 2. The van der Waals surface area contributed by atoms with E-state index < -0.39 is 29.8 Å². The molecular weight excluding hydrogens is 278 g/mol. The van der Waals surface area contributed by atoms with Gasteiger partial charge in [0.1, 0.15) is 11.4 Å². The quantitative estimate of drug-likeness (QED) is 0.663. The summed E-state index contributed by atoms with van der Waals surface area (Å²) < 4.78 is 51.5. The molecule has 0 atom stereocenters. The van der Waals surface area contributed by atoms with E-state index in [-0.39, 0.29) is 18.4 Å². The van der Waals surface area contributed by atoms with Crippen molar-refractivity contribution >= 4 is 17.4 Å². The maximum Gasteiger partial charge on any atom is 0.421 e. The van der Waals surface area contributed by atoms with Gasteiger partial charge in [-0.2, -0.15) is 18.2 Å². The Labute approximate surface area is 104 Å². The standard InChI is InChI=1S/C9H8ClF4N3O/c10-7-15-1-5(9(12,13)14)6(16-7)17-2-8(11,3-17)4-18/h1,18H,2-4H2. The third-order valence-corrected chi connectivity index (χ3v) is 2.76. The van der Waals surface area contributed by atoms with Gasteiger partial charge in [0.25, 0.3) is 0 Å². The molecule has 1 aromatic rings. The van der Waals surface area contributed by atoms with E-state index in [9.17, 15) is 17.6 Å². The van der Waals surface area contributed by atoms with E-state index in [4.69, 9.17) is 16.7 Å². The predicted octanol–water partition coefficient (Wildman–Crippen LogP) is 1.67. The number of hydrogen-bond acceptors (Lipinski definition) is 4. The van der Waals surface area contributed by atoms with Gasteiger partial charge in [-0.25, -0.2) is 9.37 Å². The van der Waals surface area contributed by atoms with Crippen molar-refractivity contribution in [2.45, 2.75) is 11.8 Å². The van der Waals surface area contributed by atoms with Gasteiger partial charge in [-0.3, -0.25) is 0 Å². The fourth-order valence-corrected chi connectivity index (χ4v) is 1.81. The highest BCUT2D eigenvalue weighted by Gasteiger charge is 2.47. The maximum atomic E-state index is 13.5. The molecule has 100 valence electrons. The molecule has 0 radical (unpaired) electrons. The number of nitrogens with zero attached hydrogens (tertiary/aromatic N) is 3. The second kappa shape index (κ2) is 4.20. The van der Waals surface area contributed by atoms with Crippen LogP contribution in [0.3, 0.4) is 0 Å². The molecule has 1 aliphatic heterocycles. The molecule has 2 rings (SSSR count). The molecule has 1 aromatic heterocycles. The number of rotatable bonds is 2. The monoisotopic (exact) mass is 285 g/mol. The molecule has 0 amide bonds. The zero-order valence-corrected chi connectivity index (χ0v) is 9.63. The summed E-state index contributed by atoms with van der Waals surface area (Å²) in [6.07, 6.45) is -4.09. The van der Waals surface area contributed by atoms with Crippen LogP contribution in [0, 0.1) is 0 Å². The second-order valence-electron chi connectivity index (χ2n) is 4.04. The van der Waals surface area contributed by atoms with Crippen LogP contribution in [0.15, 0.2) is 6.20 Å². The van der Waals surface area contributed by atoms with Gasteiger partial charge in [0.15, 0.2) is 5.67 Å². The lowest BCUT2D eigenvalue weighted by molar-refractivity contribution is -0.137. The van der Waals surface area contributed by atoms with Crippen molar-refractivity contribution < 1.29 is 22.7 Å². The summed E-state index contributed by atoms with van der Waals surface area (Å²) in [7, 11) is 0. The number of aliphatic hydroxyl groups excluding tert-OH is 1. The molecule has 1 fully saturated rings. The summed E-state index contributed by atoms with van der Waals surface area (Å²) in [4.78, 5) is 7.80. The van der Waals surface area contributed by atoms with Crippen molar-refractivity contribution in [2.75, 3.05) is 24.6 Å². The highest BCUT2D eigenvalue weighted by Crippen LogP contribution is 2.39. The van der Waals surface area contributed by atoms with Gasteiger partial charge in [0, 0.05) is 6.20 Å². The minimum atomic E-state index is -4.65. The lowest BCUT2D eigenvalue weighted by Gasteiger charge is -2.44. The van der Waals surface area contributed by atoms with E-state index in [0.29, 0.717) is 6.20 Å². The van der Waals surface area contributed by atoms with Crippen molar-refractivity contribution in [3.63, 3.8) is 0 Å². The van der Waals surface area contributed by atoms with E-state index in [0.717, 1.165) is 4.90 Å². The van der Waals surface area contributed by atoms with Gasteiger partial charge in [0.2, 0.25) is 5.28 Å². The summed E-state index contributed by atoms with van der Waals surface area (Å²) in [5, 5.41) is 8.36. The van der Waals surface area contributed by atoms with Crippen LogP contribution >= 0.6 is 11.6 Å². The smallest absolute Gasteiger partial charge is 0.393 e. The largest absolute Gasteiger partial charge is 0.421 e. The first-order chi connectivity index (χ1) is 8.25. The molecule has 1 aliphatic rings. The topological polar surface area (TPSA) is 49.2 Å². The number of anilines is 1. The number of hydrogen-bond donors (Lipinski definition) is 1. The SMILES string of the molecule is OCC1(F)CN(c2nc(Cl)ncc2C(F)(F)F)C1. The van der Waals surface area contributed by atoms with Gasteiger partial charge < -0.3 is 10.0 Å². The van der Waals surface area contributed by atoms with Crippen LogP contribution < -0.4 is 4.90 Å². The Bertz CT molecular complexity index is 462. The fourth-order valence-electron chi connectivity index (χ4n) is 1.68. The van der Waals surface area contributed by atoms with E-state index >= 15 is 0 Å². The number of halogens is 5. The predicted molar refractivity (Wildman–Crippen MR) is 55.2 cm³/mol. The number of aliphatic hydroxyl groups is 1. The van der Waals surface area contributed by atoms with E-state index in [1.807, 2.05) is 0 Å². The van der Waals surface area contributed by atoms with Crippen molar-refractivity contribution in [1.29, 1.82) is 0 Å². The molecule has 0 spiro atoms. The Morgan fingerprint density at radius 2 is 2.06 bits per heavy atom. The Hall–Kier alpha value is -1.15. The molecule has 18 heavy (non-hydrogen) atoms. The van der Waals surface area contributed by atoms with Crippen LogP contribution in [0.5, 0.6) is 0 Å². The Kier molecular flexibility index (Phi) is 3.10. The van der Waals surface area contributed by atoms with Crippen LogP contribution in [0.4, 0.5) is 23.4 Å². The lowest BCUT2D eigenvalue weighted by Crippen LogP contribution is -2.61. The second-order valence-corrected chi connectivity index (χ2v) is 4.38. The first-order valence-corrected chi connectivity index (χ1v) is 5.27. The third kappa shape index (κ3) is 2.35. The lowest BCUT2D eigenvalue weighted by atomic mass is 9.97. The molecule has 4 nitrogen and oxygen atoms in total. The zero-order valence-electron chi connectivity index (χ0n) is 8.88. The molecular formula is C9H8ClF4N3O. The van der Waals surface area contributed by atoms with Crippen molar-refractivity contribution in [1.82, 2.24) is 9.97 Å². The molecule has 0 aliphatic carbocycles. The summed E-state index contributed by atoms with van der Waals surface area (Å²) in [6, 6.07) is 0. The maximum absolute atomic E-state index is 13.5. The fraction of sp³-hybridized carbons (Fsp3) is 0.556. The Balaban J connectivity index is 2.31. The van der Waals surface area contributed by atoms with Crippen molar-refractivity contribution in [2.24, 2.45) is 0 Å². The van der Waals surface area contributed by atoms with Gasteiger partial charge in [-0.1, -0.05) is 0 Å². The summed E-state index contributed by atoms with van der Waals surface area (Å²) in [6.45, 7) is -1.47. The summed E-state index contributed by atoms with van der Waals surface area (Å²) in [5.41, 5.74) is -2.97. The van der Waals surface area contributed by atoms with Gasteiger partial charge in [-0.05, 0) is 11.6 Å². The highest BCUT2D eigenvalue weighted by atomic mass is 35.5. The van der Waals surface area contributed by atoms with Gasteiger partial charge >= 0.3 is 6.18 Å². The van der Waals surface area contributed by atoms with Crippen molar-refractivity contribution in [3.8, 4) is 0 Å².